The summed E-state index contributed by atoms with van der Waals surface area (Å²) >= 11 is 0. The van der Waals surface area contributed by atoms with E-state index in [0.29, 0.717) is 18.3 Å². The van der Waals surface area contributed by atoms with Gasteiger partial charge in [0, 0.05) is 37.2 Å². The maximum Gasteiger partial charge on any atom is 0.324 e. The number of anilines is 2. The Morgan fingerprint density at radius 3 is 2.45 bits per heavy atom. The summed E-state index contributed by atoms with van der Waals surface area (Å²) in [6.45, 7) is 11.6. The summed E-state index contributed by atoms with van der Waals surface area (Å²) in [5.41, 5.74) is 0.230. The number of carbonyl (C=O) groups is 1. The second-order valence-corrected chi connectivity index (χ2v) is 15.2. The number of morpholine rings is 1. The van der Waals surface area contributed by atoms with Gasteiger partial charge in [-0.25, -0.2) is 9.97 Å². The monoisotopic (exact) mass is 571 g/mol. The summed E-state index contributed by atoms with van der Waals surface area (Å²) in [7, 11) is 1.31. The lowest BCUT2D eigenvalue weighted by Crippen LogP contribution is -2.40. The molecule has 0 aromatic carbocycles. The van der Waals surface area contributed by atoms with Crippen molar-refractivity contribution in [3.63, 3.8) is 0 Å². The van der Waals surface area contributed by atoms with Crippen molar-refractivity contribution in [2.24, 2.45) is 0 Å². The number of methoxy groups -OCH3 is 2. The first-order valence-corrected chi connectivity index (χ1v) is 16.7. The number of hydrogen-bond donors (Lipinski definition) is 2. The zero-order valence-electron chi connectivity index (χ0n) is 23.7. The van der Waals surface area contributed by atoms with Crippen LogP contribution in [0.25, 0.3) is 0 Å². The van der Waals surface area contributed by atoms with E-state index in [1.165, 1.54) is 14.2 Å². The molecule has 0 radical (unpaired) electrons. The van der Waals surface area contributed by atoms with Crippen LogP contribution in [-0.2, 0) is 16.0 Å². The summed E-state index contributed by atoms with van der Waals surface area (Å²) in [5.74, 6) is 0.924. The van der Waals surface area contributed by atoms with Gasteiger partial charge in [0.25, 0.3) is 5.95 Å². The van der Waals surface area contributed by atoms with E-state index in [1.807, 2.05) is 6.07 Å². The van der Waals surface area contributed by atoms with Gasteiger partial charge in [0.05, 0.1) is 33.9 Å². The van der Waals surface area contributed by atoms with Gasteiger partial charge in [-0.05, 0) is 25.1 Å². The number of nitrogens with zero attached hydrogens (tertiary/aromatic N) is 5. The molecule has 0 saturated carbocycles. The molecule has 1 amide bonds. The summed E-state index contributed by atoms with van der Waals surface area (Å²) in [5, 5.41) is 6.94. The molecule has 0 unspecified atom stereocenters. The lowest BCUT2D eigenvalue weighted by molar-refractivity contribution is -0.115. The van der Waals surface area contributed by atoms with Gasteiger partial charge < -0.3 is 34.0 Å². The van der Waals surface area contributed by atoms with Gasteiger partial charge in [-0.1, -0.05) is 19.6 Å². The Bertz CT molecular complexity index is 1250. The zero-order valence-corrected chi connectivity index (χ0v) is 24.7. The van der Waals surface area contributed by atoms with E-state index in [0.717, 1.165) is 44.6 Å². The number of rotatable bonds is 13. The fourth-order valence-corrected chi connectivity index (χ4v) is 4.98. The lowest BCUT2D eigenvalue weighted by Gasteiger charge is -2.26. The zero-order chi connectivity index (χ0) is 28.5. The van der Waals surface area contributed by atoms with Gasteiger partial charge in [0.15, 0.2) is 5.69 Å². The number of furan rings is 1. The van der Waals surface area contributed by atoms with Crippen molar-refractivity contribution >= 4 is 30.9 Å². The highest BCUT2D eigenvalue weighted by Crippen LogP contribution is 2.32. The van der Waals surface area contributed by atoms with Crippen LogP contribution in [-0.4, -0.2) is 92.4 Å². The van der Waals surface area contributed by atoms with Gasteiger partial charge >= 0.3 is 6.01 Å². The van der Waals surface area contributed by atoms with E-state index in [1.54, 1.807) is 18.3 Å². The maximum atomic E-state index is 12.9. The van der Waals surface area contributed by atoms with Crippen LogP contribution in [0.2, 0.25) is 19.6 Å². The van der Waals surface area contributed by atoms with Crippen LogP contribution < -0.4 is 30.2 Å². The minimum absolute atomic E-state index is 0.0625. The number of nitrogens with one attached hydrogen (secondary N) is 2. The Morgan fingerprint density at radius 1 is 1.05 bits per heavy atom. The molecule has 3 aromatic rings. The van der Waals surface area contributed by atoms with Crippen molar-refractivity contribution in [2.45, 2.75) is 32.5 Å². The molecule has 0 bridgehead atoms. The fourth-order valence-electron chi connectivity index (χ4n) is 3.98. The molecule has 2 N–H and O–H groups in total. The standard InChI is InChI=1S/C26H37N7O6Si/c1-35-23-22(24(36-2)32-25(31-23)27-10-6-12-33-13-15-37-16-14-33)29-19(34)17-18-7-8-21(38-18)39-26-28-11-9-20(30-26)40(3,4)5/h7-9,11H,6,10,12-17H2,1-5H3,(H,29,34)(H,27,31,32). The Balaban J connectivity index is 1.34. The van der Waals surface area contributed by atoms with Crippen LogP contribution in [0.15, 0.2) is 28.8 Å². The molecule has 0 spiro atoms. The number of ether oxygens (including phenoxy) is 4. The normalized spacial score (nSPS) is 14.0. The lowest BCUT2D eigenvalue weighted by atomic mass is 10.3. The predicted molar refractivity (Wildman–Crippen MR) is 152 cm³/mol. The number of amides is 1. The van der Waals surface area contributed by atoms with E-state index in [-0.39, 0.29) is 41.7 Å². The average molecular weight is 572 g/mol. The Morgan fingerprint density at radius 2 is 1.77 bits per heavy atom. The van der Waals surface area contributed by atoms with Crippen LogP contribution in [0.1, 0.15) is 12.2 Å². The first kappa shape index (κ1) is 29.2. The van der Waals surface area contributed by atoms with Crippen LogP contribution in [0.5, 0.6) is 23.7 Å². The molecule has 4 heterocycles. The van der Waals surface area contributed by atoms with E-state index in [2.05, 4.69) is 55.1 Å². The molecular formula is C26H37N7O6Si. The molecule has 40 heavy (non-hydrogen) atoms. The van der Waals surface area contributed by atoms with Crippen molar-refractivity contribution < 1.29 is 28.2 Å². The smallest absolute Gasteiger partial charge is 0.324 e. The van der Waals surface area contributed by atoms with Crippen molar-refractivity contribution in [3.05, 3.63) is 30.2 Å². The quantitative estimate of drug-likeness (QED) is 0.230. The fraction of sp³-hybridized carbons (Fsp3) is 0.500. The number of aromatic nitrogens is 4. The molecule has 216 valence electrons. The topological polar surface area (TPSA) is 146 Å². The van der Waals surface area contributed by atoms with Gasteiger partial charge in [-0.3, -0.25) is 9.69 Å². The van der Waals surface area contributed by atoms with Crippen LogP contribution >= 0.6 is 0 Å². The Labute approximate surface area is 234 Å². The summed E-state index contributed by atoms with van der Waals surface area (Å²) in [6, 6.07) is 5.38. The molecule has 3 aromatic heterocycles. The molecule has 1 saturated heterocycles. The van der Waals surface area contributed by atoms with Gasteiger partial charge in [0.2, 0.25) is 23.6 Å². The van der Waals surface area contributed by atoms with E-state index < -0.39 is 8.07 Å². The number of hydrogen-bond acceptors (Lipinski definition) is 12. The highest BCUT2D eigenvalue weighted by Gasteiger charge is 2.21. The molecular weight excluding hydrogens is 534 g/mol. The largest absolute Gasteiger partial charge is 0.479 e. The highest BCUT2D eigenvalue weighted by molar-refractivity contribution is 6.88. The molecule has 1 fully saturated rings. The second kappa shape index (κ2) is 13.5. The van der Waals surface area contributed by atoms with Crippen LogP contribution in [0.3, 0.4) is 0 Å². The third-order valence-corrected chi connectivity index (χ3v) is 7.91. The van der Waals surface area contributed by atoms with Crippen molar-refractivity contribution in [1.29, 1.82) is 0 Å². The predicted octanol–water partition coefficient (Wildman–Crippen LogP) is 2.53. The van der Waals surface area contributed by atoms with Crippen molar-refractivity contribution in [3.8, 4) is 23.7 Å². The molecule has 0 aliphatic carbocycles. The third kappa shape index (κ3) is 8.13. The molecule has 1 aliphatic rings. The van der Waals surface area contributed by atoms with Gasteiger partial charge in [-0.2, -0.15) is 9.97 Å². The van der Waals surface area contributed by atoms with E-state index in [9.17, 15) is 4.79 Å². The Kier molecular flexibility index (Phi) is 9.90. The van der Waals surface area contributed by atoms with Crippen molar-refractivity contribution in [2.75, 3.05) is 64.2 Å². The summed E-state index contributed by atoms with van der Waals surface area (Å²) < 4.78 is 27.6. The minimum Gasteiger partial charge on any atom is -0.479 e. The minimum atomic E-state index is -1.63. The van der Waals surface area contributed by atoms with E-state index in [4.69, 9.17) is 23.4 Å². The van der Waals surface area contributed by atoms with Crippen LogP contribution in [0, 0.1) is 0 Å². The molecule has 4 rings (SSSR count). The highest BCUT2D eigenvalue weighted by atomic mass is 28.3. The van der Waals surface area contributed by atoms with Crippen LogP contribution in [0.4, 0.5) is 11.6 Å². The van der Waals surface area contributed by atoms with E-state index >= 15 is 0 Å². The van der Waals surface area contributed by atoms with Crippen molar-refractivity contribution in [1.82, 2.24) is 24.8 Å². The SMILES string of the molecule is COc1nc(NCCCN2CCOCC2)nc(OC)c1NC(=O)Cc1ccc(Oc2nccc([Si](C)(C)C)n2)o1. The molecule has 0 atom stereocenters. The van der Waals surface area contributed by atoms with Gasteiger partial charge in [-0.15, -0.1) is 0 Å². The molecule has 13 nitrogen and oxygen atoms in total. The maximum absolute atomic E-state index is 12.9. The Hall–Kier alpha value is -3.75. The third-order valence-electron chi connectivity index (χ3n) is 6.10. The molecule has 1 aliphatic heterocycles. The number of carbonyl (C=O) groups excluding carboxylic acids is 1. The first-order valence-electron chi connectivity index (χ1n) is 13.2. The second-order valence-electron chi connectivity index (χ2n) is 10.2. The summed E-state index contributed by atoms with van der Waals surface area (Å²) in [4.78, 5) is 32.7. The average Bonchev–Trinajstić information content (AvgIpc) is 3.37. The first-order chi connectivity index (χ1) is 19.2. The van der Waals surface area contributed by atoms with Gasteiger partial charge in [0.1, 0.15) is 13.8 Å². The molecule has 14 heteroatoms. The summed E-state index contributed by atoms with van der Waals surface area (Å²) in [6.07, 6.45) is 2.52.